The fourth-order valence-corrected chi connectivity index (χ4v) is 2.75. The summed E-state index contributed by atoms with van der Waals surface area (Å²) >= 11 is 6.11. The number of hydrogen-bond donors (Lipinski definition) is 2. The van der Waals surface area contributed by atoms with Crippen molar-refractivity contribution in [1.29, 1.82) is 0 Å². The molecule has 1 fully saturated rings. The summed E-state index contributed by atoms with van der Waals surface area (Å²) in [6.07, 6.45) is 3.05. The third-order valence-electron chi connectivity index (χ3n) is 4.11. The van der Waals surface area contributed by atoms with Crippen molar-refractivity contribution >= 4 is 23.3 Å². The molecule has 2 N–H and O–H groups in total. The molecule has 1 saturated carbocycles. The topological polar surface area (TPSA) is 49.3 Å². The van der Waals surface area contributed by atoms with Crippen LogP contribution in [0.4, 0.5) is 5.69 Å². The van der Waals surface area contributed by atoms with Crippen LogP contribution in [-0.4, -0.2) is 16.6 Å². The molecule has 0 atom stereocenters. The number of anilines is 1. The molecule has 0 heterocycles. The fourth-order valence-electron chi connectivity index (χ4n) is 2.57. The van der Waals surface area contributed by atoms with Crippen molar-refractivity contribution in [1.82, 2.24) is 0 Å². The quantitative estimate of drug-likeness (QED) is 0.874. The van der Waals surface area contributed by atoms with Crippen molar-refractivity contribution in [3.63, 3.8) is 0 Å². The van der Waals surface area contributed by atoms with E-state index < -0.39 is 11.5 Å². The lowest BCUT2D eigenvalue weighted by atomic mass is 9.69. The summed E-state index contributed by atoms with van der Waals surface area (Å²) in [5.41, 5.74) is 0.0352. The Morgan fingerprint density at radius 2 is 1.79 bits per heavy atom. The van der Waals surface area contributed by atoms with Crippen LogP contribution in [-0.2, 0) is 4.79 Å². The Morgan fingerprint density at radius 1 is 1.21 bits per heavy atom. The van der Waals surface area contributed by atoms with Gasteiger partial charge in [-0.05, 0) is 43.2 Å². The minimum Gasteiger partial charge on any atom is -0.480 e. The van der Waals surface area contributed by atoms with Gasteiger partial charge in [0.05, 0.1) is 10.7 Å². The second kappa shape index (κ2) is 5.04. The van der Waals surface area contributed by atoms with Gasteiger partial charge >= 0.3 is 5.97 Å². The molecule has 1 aromatic carbocycles. The fraction of sp³-hybridized carbons (Fsp3) is 0.533. The highest BCUT2D eigenvalue weighted by atomic mass is 35.5. The van der Waals surface area contributed by atoms with Crippen LogP contribution in [0.2, 0.25) is 5.02 Å². The summed E-state index contributed by atoms with van der Waals surface area (Å²) in [6, 6.07) is 7.29. The Balaban J connectivity index is 2.23. The number of carboxylic acids is 1. The number of aliphatic carboxylic acids is 1. The lowest BCUT2D eigenvalue weighted by Gasteiger charge is -2.41. The van der Waals surface area contributed by atoms with Crippen molar-refractivity contribution in [2.24, 2.45) is 5.41 Å². The van der Waals surface area contributed by atoms with E-state index in [1.165, 1.54) is 0 Å². The van der Waals surface area contributed by atoms with Crippen LogP contribution in [0.5, 0.6) is 0 Å². The van der Waals surface area contributed by atoms with Gasteiger partial charge in [-0.15, -0.1) is 0 Å². The first-order valence-electron chi connectivity index (χ1n) is 6.61. The minimum atomic E-state index is -0.888. The lowest BCUT2D eigenvalue weighted by molar-refractivity contribution is -0.144. The van der Waals surface area contributed by atoms with Gasteiger partial charge in [-0.2, -0.15) is 0 Å². The monoisotopic (exact) mass is 281 g/mol. The highest BCUT2D eigenvalue weighted by Gasteiger charge is 2.44. The average Bonchev–Trinajstić information content (AvgIpc) is 2.34. The minimum absolute atomic E-state index is 0.223. The number of carbonyl (C=O) groups is 1. The van der Waals surface area contributed by atoms with E-state index in [0.29, 0.717) is 23.6 Å². The maximum absolute atomic E-state index is 11.7. The third kappa shape index (κ3) is 3.03. The first-order valence-corrected chi connectivity index (χ1v) is 6.99. The van der Waals surface area contributed by atoms with Crippen LogP contribution in [0.3, 0.4) is 0 Å². The second-order valence-electron chi connectivity index (χ2n) is 6.16. The van der Waals surface area contributed by atoms with Gasteiger partial charge in [0.15, 0.2) is 0 Å². The van der Waals surface area contributed by atoms with Crippen LogP contribution in [0, 0.1) is 5.41 Å². The van der Waals surface area contributed by atoms with E-state index in [9.17, 15) is 9.90 Å². The van der Waals surface area contributed by atoms with Gasteiger partial charge < -0.3 is 10.4 Å². The summed E-state index contributed by atoms with van der Waals surface area (Å²) in [4.78, 5) is 11.7. The number of hydrogen-bond acceptors (Lipinski definition) is 2. The molecular formula is C15H20ClNO2. The van der Waals surface area contributed by atoms with E-state index in [2.05, 4.69) is 19.2 Å². The highest BCUT2D eigenvalue weighted by Crippen LogP contribution is 2.42. The number of benzene rings is 1. The van der Waals surface area contributed by atoms with Gasteiger partial charge in [-0.25, -0.2) is 4.79 Å². The molecule has 3 nitrogen and oxygen atoms in total. The maximum Gasteiger partial charge on any atom is 0.329 e. The molecule has 104 valence electrons. The SMILES string of the molecule is CC1(C)CCC(Nc2ccccc2Cl)(C(=O)O)CC1. The van der Waals surface area contributed by atoms with Gasteiger partial charge in [0.2, 0.25) is 0 Å². The number of para-hydroxylation sites is 1. The number of halogens is 1. The molecule has 0 saturated heterocycles. The van der Waals surface area contributed by atoms with Crippen molar-refractivity contribution in [3.05, 3.63) is 29.3 Å². The molecule has 0 bridgehead atoms. The first-order chi connectivity index (χ1) is 8.85. The molecule has 1 aliphatic carbocycles. The van der Waals surface area contributed by atoms with Crippen LogP contribution >= 0.6 is 11.6 Å². The van der Waals surface area contributed by atoms with E-state index in [1.807, 2.05) is 18.2 Å². The molecule has 0 amide bonds. The molecule has 2 rings (SSSR count). The zero-order valence-corrected chi connectivity index (χ0v) is 12.1. The van der Waals surface area contributed by atoms with Gasteiger partial charge in [-0.3, -0.25) is 0 Å². The zero-order chi connectivity index (χ0) is 14.1. The summed E-state index contributed by atoms with van der Waals surface area (Å²) < 4.78 is 0. The maximum atomic E-state index is 11.7. The van der Waals surface area contributed by atoms with Crippen LogP contribution < -0.4 is 5.32 Å². The normalized spacial score (nSPS) is 20.8. The van der Waals surface area contributed by atoms with E-state index in [-0.39, 0.29) is 5.41 Å². The van der Waals surface area contributed by atoms with E-state index in [0.717, 1.165) is 12.8 Å². The Hall–Kier alpha value is -1.22. The molecule has 1 aromatic rings. The lowest BCUT2D eigenvalue weighted by Crippen LogP contribution is -2.50. The predicted molar refractivity (Wildman–Crippen MR) is 77.7 cm³/mol. The number of carboxylic acid groups (broad SMARTS) is 1. The molecule has 0 spiro atoms. The zero-order valence-electron chi connectivity index (χ0n) is 11.4. The van der Waals surface area contributed by atoms with Crippen LogP contribution in [0.25, 0.3) is 0 Å². The van der Waals surface area contributed by atoms with E-state index in [1.54, 1.807) is 6.07 Å². The summed E-state index contributed by atoms with van der Waals surface area (Å²) in [7, 11) is 0. The molecule has 1 aliphatic rings. The smallest absolute Gasteiger partial charge is 0.329 e. The Kier molecular flexibility index (Phi) is 3.77. The Morgan fingerprint density at radius 3 is 2.32 bits per heavy atom. The van der Waals surface area contributed by atoms with Crippen molar-refractivity contribution in [3.8, 4) is 0 Å². The molecule has 0 aliphatic heterocycles. The molecular weight excluding hydrogens is 262 g/mol. The van der Waals surface area contributed by atoms with E-state index >= 15 is 0 Å². The average molecular weight is 282 g/mol. The van der Waals surface area contributed by atoms with Crippen LogP contribution in [0.1, 0.15) is 39.5 Å². The van der Waals surface area contributed by atoms with Gasteiger partial charge in [-0.1, -0.05) is 37.6 Å². The van der Waals surface area contributed by atoms with Crippen molar-refractivity contribution in [2.75, 3.05) is 5.32 Å². The molecule has 19 heavy (non-hydrogen) atoms. The van der Waals surface area contributed by atoms with Gasteiger partial charge in [0, 0.05) is 0 Å². The molecule has 4 heteroatoms. The van der Waals surface area contributed by atoms with Crippen molar-refractivity contribution < 1.29 is 9.90 Å². The highest BCUT2D eigenvalue weighted by molar-refractivity contribution is 6.33. The van der Waals surface area contributed by atoms with Gasteiger partial charge in [0.25, 0.3) is 0 Å². The van der Waals surface area contributed by atoms with Crippen LogP contribution in [0.15, 0.2) is 24.3 Å². The van der Waals surface area contributed by atoms with Crippen molar-refractivity contribution in [2.45, 2.75) is 45.1 Å². The summed E-state index contributed by atoms with van der Waals surface area (Å²) in [6.45, 7) is 4.38. The standard InChI is InChI=1S/C15H20ClNO2/c1-14(2)7-9-15(10-8-14,13(18)19)17-12-6-4-3-5-11(12)16/h3-6,17H,7-10H2,1-2H3,(H,18,19). The molecule has 0 radical (unpaired) electrons. The second-order valence-corrected chi connectivity index (χ2v) is 6.56. The summed E-state index contributed by atoms with van der Waals surface area (Å²) in [5, 5.41) is 13.3. The molecule has 0 unspecified atom stereocenters. The third-order valence-corrected chi connectivity index (χ3v) is 4.44. The first kappa shape index (κ1) is 14.2. The number of nitrogens with one attached hydrogen (secondary N) is 1. The van der Waals surface area contributed by atoms with E-state index in [4.69, 9.17) is 11.6 Å². The number of rotatable bonds is 3. The predicted octanol–water partition coefficient (Wildman–Crippen LogP) is 4.18. The molecule has 0 aromatic heterocycles. The largest absolute Gasteiger partial charge is 0.480 e. The summed E-state index contributed by atoms with van der Waals surface area (Å²) in [5.74, 6) is -0.789. The Bertz CT molecular complexity index is 475. The Labute approximate surface area is 119 Å². The van der Waals surface area contributed by atoms with Gasteiger partial charge in [0.1, 0.15) is 5.54 Å².